The number of fused-ring (bicyclic) bond motifs is 1. The number of hydrogen-bond acceptors (Lipinski definition) is 2. The van der Waals surface area contributed by atoms with Gasteiger partial charge in [-0.1, -0.05) is 28.1 Å². The Labute approximate surface area is 124 Å². The molecule has 2 aliphatic heterocycles. The van der Waals surface area contributed by atoms with Crippen molar-refractivity contribution in [3.8, 4) is 0 Å². The fourth-order valence-corrected chi connectivity index (χ4v) is 4.12. The molecule has 0 aliphatic carbocycles. The third-order valence-corrected chi connectivity index (χ3v) is 5.31. The minimum Gasteiger partial charge on any atom is -0.298 e. The molecule has 0 spiro atoms. The van der Waals surface area contributed by atoms with Crippen molar-refractivity contribution in [3.63, 3.8) is 0 Å². The van der Waals surface area contributed by atoms with E-state index >= 15 is 0 Å². The van der Waals surface area contributed by atoms with Crippen molar-refractivity contribution >= 4 is 15.9 Å². The van der Waals surface area contributed by atoms with Crippen molar-refractivity contribution in [1.29, 1.82) is 0 Å². The van der Waals surface area contributed by atoms with Gasteiger partial charge in [-0.15, -0.1) is 0 Å². The van der Waals surface area contributed by atoms with E-state index in [1.807, 2.05) is 0 Å². The minimum atomic E-state index is 0.509. The summed E-state index contributed by atoms with van der Waals surface area (Å²) < 4.78 is 1.18. The summed E-state index contributed by atoms with van der Waals surface area (Å²) in [5.74, 6) is 0. The van der Waals surface area contributed by atoms with Gasteiger partial charge in [-0.05, 0) is 50.9 Å². The van der Waals surface area contributed by atoms with Crippen molar-refractivity contribution < 1.29 is 0 Å². The van der Waals surface area contributed by atoms with Crippen LogP contribution in [0.5, 0.6) is 0 Å². The molecule has 0 radical (unpaired) electrons. The van der Waals surface area contributed by atoms with Crippen molar-refractivity contribution in [2.45, 2.75) is 44.8 Å². The van der Waals surface area contributed by atoms with Crippen LogP contribution in [-0.2, 0) is 0 Å². The van der Waals surface area contributed by atoms with Gasteiger partial charge >= 0.3 is 0 Å². The topological polar surface area (TPSA) is 6.48 Å². The first-order chi connectivity index (χ1) is 9.15. The van der Waals surface area contributed by atoms with Gasteiger partial charge in [0.1, 0.15) is 0 Å². The molecule has 0 aromatic heterocycles. The standard InChI is InChI=1S/C16H23BrN2/c1-12-10-18-8-4-7-16(18)11-19(12)13(2)14-5-3-6-15(17)9-14/h3,5-6,9,12-13,16H,4,7-8,10-11H2,1-2H3. The van der Waals surface area contributed by atoms with Crippen LogP contribution in [0, 0.1) is 0 Å². The van der Waals surface area contributed by atoms with Crippen LogP contribution in [0.25, 0.3) is 0 Å². The zero-order valence-corrected chi connectivity index (χ0v) is 13.4. The van der Waals surface area contributed by atoms with Crippen LogP contribution >= 0.6 is 15.9 Å². The van der Waals surface area contributed by atoms with Crippen molar-refractivity contribution in [3.05, 3.63) is 34.3 Å². The van der Waals surface area contributed by atoms with Crippen molar-refractivity contribution in [2.75, 3.05) is 19.6 Å². The molecule has 2 nitrogen and oxygen atoms in total. The van der Waals surface area contributed by atoms with Crippen LogP contribution in [0.1, 0.15) is 38.3 Å². The Hall–Kier alpha value is -0.380. The lowest BCUT2D eigenvalue weighted by Gasteiger charge is -2.45. The third kappa shape index (κ3) is 2.74. The van der Waals surface area contributed by atoms with Gasteiger partial charge in [-0.2, -0.15) is 0 Å². The Morgan fingerprint density at radius 2 is 2.16 bits per heavy atom. The van der Waals surface area contributed by atoms with Crippen LogP contribution in [-0.4, -0.2) is 41.5 Å². The predicted molar refractivity (Wildman–Crippen MR) is 83.3 cm³/mol. The summed E-state index contributed by atoms with van der Waals surface area (Å²) in [5, 5.41) is 0. The summed E-state index contributed by atoms with van der Waals surface area (Å²) in [4.78, 5) is 5.38. The van der Waals surface area contributed by atoms with E-state index in [0.717, 1.165) is 6.04 Å². The summed E-state index contributed by atoms with van der Waals surface area (Å²) in [5.41, 5.74) is 1.42. The second-order valence-corrected chi connectivity index (χ2v) is 6.98. The molecule has 3 unspecified atom stereocenters. The largest absolute Gasteiger partial charge is 0.298 e. The van der Waals surface area contributed by atoms with Gasteiger partial charge < -0.3 is 0 Å². The zero-order valence-electron chi connectivity index (χ0n) is 11.8. The summed E-state index contributed by atoms with van der Waals surface area (Å²) in [6.07, 6.45) is 2.77. The Balaban J connectivity index is 1.77. The average molecular weight is 323 g/mol. The SMILES string of the molecule is CC1CN2CCCC2CN1C(C)c1cccc(Br)c1. The van der Waals surface area contributed by atoms with E-state index in [1.54, 1.807) is 0 Å². The Morgan fingerprint density at radius 3 is 2.95 bits per heavy atom. The monoisotopic (exact) mass is 322 g/mol. The summed E-state index contributed by atoms with van der Waals surface area (Å²) in [6.45, 7) is 8.51. The van der Waals surface area contributed by atoms with E-state index in [4.69, 9.17) is 0 Å². The fourth-order valence-electron chi connectivity index (χ4n) is 3.71. The molecule has 3 rings (SSSR count). The van der Waals surface area contributed by atoms with Gasteiger partial charge in [0.25, 0.3) is 0 Å². The van der Waals surface area contributed by atoms with E-state index in [-0.39, 0.29) is 0 Å². The quantitative estimate of drug-likeness (QED) is 0.819. The van der Waals surface area contributed by atoms with Crippen LogP contribution in [0.3, 0.4) is 0 Å². The molecule has 104 valence electrons. The highest BCUT2D eigenvalue weighted by atomic mass is 79.9. The molecule has 3 atom stereocenters. The first-order valence-electron chi connectivity index (χ1n) is 7.40. The Kier molecular flexibility index (Phi) is 3.97. The highest BCUT2D eigenvalue weighted by Gasteiger charge is 2.36. The molecule has 19 heavy (non-hydrogen) atoms. The number of nitrogens with zero attached hydrogens (tertiary/aromatic N) is 2. The van der Waals surface area contributed by atoms with Crippen LogP contribution < -0.4 is 0 Å². The lowest BCUT2D eigenvalue weighted by atomic mass is 10.0. The second kappa shape index (κ2) is 5.55. The number of hydrogen-bond donors (Lipinski definition) is 0. The minimum absolute atomic E-state index is 0.509. The van der Waals surface area contributed by atoms with E-state index in [9.17, 15) is 0 Å². The molecule has 0 saturated carbocycles. The maximum Gasteiger partial charge on any atom is 0.0324 e. The zero-order chi connectivity index (χ0) is 13.4. The molecule has 0 N–H and O–H groups in total. The van der Waals surface area contributed by atoms with Gasteiger partial charge in [0.05, 0.1) is 0 Å². The summed E-state index contributed by atoms with van der Waals surface area (Å²) >= 11 is 3.59. The number of rotatable bonds is 2. The number of benzene rings is 1. The predicted octanol–water partition coefficient (Wildman–Crippen LogP) is 3.68. The van der Waals surface area contributed by atoms with Gasteiger partial charge in [-0.3, -0.25) is 9.80 Å². The molecule has 0 amide bonds. The number of halogens is 1. The average Bonchev–Trinajstić information content (AvgIpc) is 2.84. The van der Waals surface area contributed by atoms with Gasteiger partial charge in [0, 0.05) is 35.7 Å². The van der Waals surface area contributed by atoms with E-state index in [1.165, 1.54) is 42.5 Å². The molecular weight excluding hydrogens is 300 g/mol. The van der Waals surface area contributed by atoms with Crippen molar-refractivity contribution in [2.24, 2.45) is 0 Å². The molecule has 2 saturated heterocycles. The van der Waals surface area contributed by atoms with Crippen LogP contribution in [0.2, 0.25) is 0 Å². The van der Waals surface area contributed by atoms with Gasteiger partial charge in [0.15, 0.2) is 0 Å². The van der Waals surface area contributed by atoms with Crippen LogP contribution in [0.4, 0.5) is 0 Å². The molecule has 1 aromatic carbocycles. The second-order valence-electron chi connectivity index (χ2n) is 6.07. The molecular formula is C16H23BrN2. The van der Waals surface area contributed by atoms with Crippen molar-refractivity contribution in [1.82, 2.24) is 9.80 Å². The Morgan fingerprint density at radius 1 is 1.32 bits per heavy atom. The van der Waals surface area contributed by atoms with E-state index < -0.39 is 0 Å². The molecule has 0 bridgehead atoms. The first-order valence-corrected chi connectivity index (χ1v) is 8.19. The Bertz CT molecular complexity index is 448. The van der Waals surface area contributed by atoms with E-state index in [0.29, 0.717) is 12.1 Å². The fraction of sp³-hybridized carbons (Fsp3) is 0.625. The van der Waals surface area contributed by atoms with Gasteiger partial charge in [0.2, 0.25) is 0 Å². The first kappa shape index (κ1) is 13.6. The highest BCUT2D eigenvalue weighted by Crippen LogP contribution is 2.31. The van der Waals surface area contributed by atoms with Crippen LogP contribution in [0.15, 0.2) is 28.7 Å². The highest BCUT2D eigenvalue weighted by molar-refractivity contribution is 9.10. The molecule has 1 aromatic rings. The molecule has 2 heterocycles. The third-order valence-electron chi connectivity index (χ3n) is 4.81. The number of piperazine rings is 1. The molecule has 3 heteroatoms. The molecule has 2 aliphatic rings. The smallest absolute Gasteiger partial charge is 0.0324 e. The lowest BCUT2D eigenvalue weighted by Crippen LogP contribution is -2.55. The maximum absolute atomic E-state index is 3.59. The summed E-state index contributed by atoms with van der Waals surface area (Å²) in [7, 11) is 0. The summed E-state index contributed by atoms with van der Waals surface area (Å²) in [6, 6.07) is 10.7. The normalized spacial score (nSPS) is 30.3. The van der Waals surface area contributed by atoms with Gasteiger partial charge in [-0.25, -0.2) is 0 Å². The van der Waals surface area contributed by atoms with E-state index in [2.05, 4.69) is 63.8 Å². The maximum atomic E-state index is 3.59. The molecule has 2 fully saturated rings. The lowest BCUT2D eigenvalue weighted by molar-refractivity contribution is 0.0325.